The minimum atomic E-state index is -1.36. The number of nitriles is 1. The number of halogens is 1. The van der Waals surface area contributed by atoms with Crippen LogP contribution in [0.1, 0.15) is 16.0 Å². The summed E-state index contributed by atoms with van der Waals surface area (Å²) in [6, 6.07) is 33.2. The van der Waals surface area contributed by atoms with E-state index in [2.05, 4.69) is 16.7 Å². The Morgan fingerprint density at radius 1 is 0.818 bits per heavy atom. The van der Waals surface area contributed by atoms with Gasteiger partial charge in [0, 0.05) is 33.1 Å². The second-order valence-electron chi connectivity index (χ2n) is 9.41. The Balaban J connectivity index is 1.37. The summed E-state index contributed by atoms with van der Waals surface area (Å²) in [4.78, 5) is 14.7. The number of carboxylic acids is 1. The fourth-order valence-corrected chi connectivity index (χ4v) is 5.30. The Morgan fingerprint density at radius 3 is 1.89 bits per heavy atom. The maximum absolute atomic E-state index is 14.9. The van der Waals surface area contributed by atoms with Gasteiger partial charge in [-0.1, -0.05) is 24.0 Å². The maximum atomic E-state index is 14.9. The molecule has 0 atom stereocenters. The van der Waals surface area contributed by atoms with Crippen molar-refractivity contribution in [2.75, 3.05) is 19.1 Å². The van der Waals surface area contributed by atoms with E-state index in [0.29, 0.717) is 16.0 Å². The van der Waals surface area contributed by atoms with Gasteiger partial charge >= 0.3 is 5.97 Å². The van der Waals surface area contributed by atoms with Crippen LogP contribution in [0.25, 0.3) is 16.5 Å². The summed E-state index contributed by atoms with van der Waals surface area (Å²) in [6.07, 6.45) is 1.14. The number of hydrogen-bond acceptors (Lipinski definition) is 6. The van der Waals surface area contributed by atoms with E-state index < -0.39 is 17.4 Å². The Kier molecular flexibility index (Phi) is 9.05. The molecule has 0 saturated carbocycles. The average molecular weight is 601 g/mol. The lowest BCUT2D eigenvalue weighted by Crippen LogP contribution is -2.09. The third kappa shape index (κ3) is 6.79. The molecule has 6 nitrogen and oxygen atoms in total. The van der Waals surface area contributed by atoms with Crippen LogP contribution in [0.2, 0.25) is 0 Å². The van der Waals surface area contributed by atoms with E-state index in [-0.39, 0.29) is 0 Å². The molecule has 0 unspecified atom stereocenters. The molecule has 5 rings (SSSR count). The van der Waals surface area contributed by atoms with E-state index in [1.54, 1.807) is 38.5 Å². The monoisotopic (exact) mass is 600 g/mol. The van der Waals surface area contributed by atoms with E-state index >= 15 is 0 Å². The minimum Gasteiger partial charge on any atom is -0.497 e. The van der Waals surface area contributed by atoms with Crippen molar-refractivity contribution in [3.63, 3.8) is 0 Å². The highest BCUT2D eigenvalue weighted by Crippen LogP contribution is 2.36. The van der Waals surface area contributed by atoms with Crippen LogP contribution in [0.15, 0.2) is 109 Å². The number of thiophene rings is 1. The first-order chi connectivity index (χ1) is 21.4. The summed E-state index contributed by atoms with van der Waals surface area (Å²) in [5, 5.41) is 18.0. The largest absolute Gasteiger partial charge is 0.497 e. The maximum Gasteiger partial charge on any atom is 0.346 e. The molecule has 8 heteroatoms. The molecule has 0 aliphatic rings. The van der Waals surface area contributed by atoms with E-state index in [1.807, 2.05) is 78.9 Å². The number of hydrogen-bond donors (Lipinski definition) is 1. The number of anilines is 3. The number of rotatable bonds is 8. The molecule has 1 aromatic heterocycles. The highest BCUT2D eigenvalue weighted by Gasteiger charge is 2.14. The van der Waals surface area contributed by atoms with Gasteiger partial charge in [-0.15, -0.1) is 11.3 Å². The molecule has 0 aliphatic heterocycles. The van der Waals surface area contributed by atoms with Crippen molar-refractivity contribution >= 4 is 40.4 Å². The van der Waals surface area contributed by atoms with Crippen molar-refractivity contribution in [1.29, 1.82) is 5.26 Å². The Labute approximate surface area is 258 Å². The number of benzene rings is 4. The van der Waals surface area contributed by atoms with Gasteiger partial charge in [0.1, 0.15) is 29.0 Å². The molecule has 1 N–H and O–H groups in total. The number of ether oxygens (including phenoxy) is 2. The van der Waals surface area contributed by atoms with Crippen molar-refractivity contribution in [3.05, 3.63) is 131 Å². The topological polar surface area (TPSA) is 82.8 Å². The molecular formula is C36H25FN2O4S. The van der Waals surface area contributed by atoms with Crippen molar-refractivity contribution in [2.24, 2.45) is 0 Å². The van der Waals surface area contributed by atoms with Gasteiger partial charge in [0.25, 0.3) is 0 Å². The molecule has 0 amide bonds. The van der Waals surface area contributed by atoms with Crippen molar-refractivity contribution in [1.82, 2.24) is 0 Å². The first kappa shape index (κ1) is 29.7. The van der Waals surface area contributed by atoms with Crippen molar-refractivity contribution in [2.45, 2.75) is 0 Å². The lowest BCUT2D eigenvalue weighted by atomic mass is 10.1. The summed E-state index contributed by atoms with van der Waals surface area (Å²) in [5.41, 5.74) is 3.89. The molecule has 44 heavy (non-hydrogen) atoms. The molecular weight excluding hydrogens is 575 g/mol. The van der Waals surface area contributed by atoms with E-state index in [0.717, 1.165) is 45.1 Å². The lowest BCUT2D eigenvalue weighted by Gasteiger charge is -2.25. The van der Waals surface area contributed by atoms with Crippen LogP contribution < -0.4 is 14.4 Å². The number of carbonyl (C=O) groups is 1. The highest BCUT2D eigenvalue weighted by molar-refractivity contribution is 7.16. The van der Waals surface area contributed by atoms with Crippen LogP contribution in [0.5, 0.6) is 11.5 Å². The fraction of sp³-hybridized carbons (Fsp3) is 0.0556. The van der Waals surface area contributed by atoms with Gasteiger partial charge in [0.2, 0.25) is 0 Å². The van der Waals surface area contributed by atoms with Crippen LogP contribution in [-0.4, -0.2) is 25.3 Å². The predicted octanol–water partition coefficient (Wildman–Crippen LogP) is 8.43. The van der Waals surface area contributed by atoms with Crippen LogP contribution in [-0.2, 0) is 4.79 Å². The molecule has 1 heterocycles. The van der Waals surface area contributed by atoms with Crippen LogP contribution in [0.4, 0.5) is 21.5 Å². The molecule has 0 saturated heterocycles. The predicted molar refractivity (Wildman–Crippen MR) is 171 cm³/mol. The molecule has 0 fully saturated rings. The standard InChI is InChI=1S/C36H25FN2O4S/c1-42-30-13-9-28(10-14-30)39(29-11-15-31(43-2)16-12-29)27-7-3-24(4-8-27)5-17-32-18-20-35(44-32)33-19-6-25(22-34(33)37)21-26(23-38)36(40)41/h3-4,6-16,18-22H,1-2H3,(H,40,41)/b26-21-. The van der Waals surface area contributed by atoms with E-state index in [1.165, 1.54) is 17.4 Å². The van der Waals surface area contributed by atoms with Gasteiger partial charge in [-0.3, -0.25) is 0 Å². The third-order valence-corrected chi connectivity index (χ3v) is 7.68. The quantitative estimate of drug-likeness (QED) is 0.109. The SMILES string of the molecule is COc1ccc(N(c2ccc(C#Cc3ccc(-c4ccc(/C=C(/C#N)C(=O)O)cc4F)s3)cc2)c2ccc(OC)cc2)cc1. The van der Waals surface area contributed by atoms with Gasteiger partial charge < -0.3 is 19.5 Å². The van der Waals surface area contributed by atoms with Crippen LogP contribution >= 0.6 is 11.3 Å². The zero-order chi connectivity index (χ0) is 31.1. The van der Waals surface area contributed by atoms with Gasteiger partial charge in [-0.25, -0.2) is 9.18 Å². The smallest absolute Gasteiger partial charge is 0.346 e. The van der Waals surface area contributed by atoms with Gasteiger partial charge in [0.05, 0.1) is 19.1 Å². The van der Waals surface area contributed by atoms with Gasteiger partial charge in [0.15, 0.2) is 0 Å². The van der Waals surface area contributed by atoms with Crippen molar-refractivity contribution in [3.8, 4) is 39.8 Å². The first-order valence-electron chi connectivity index (χ1n) is 13.3. The Hall–Kier alpha value is -5.83. The molecule has 216 valence electrons. The average Bonchev–Trinajstić information content (AvgIpc) is 3.52. The summed E-state index contributed by atoms with van der Waals surface area (Å²) >= 11 is 1.35. The first-order valence-corrected chi connectivity index (χ1v) is 14.2. The molecule has 0 radical (unpaired) electrons. The summed E-state index contributed by atoms with van der Waals surface area (Å²) in [7, 11) is 3.28. The second-order valence-corrected chi connectivity index (χ2v) is 10.5. The Morgan fingerprint density at radius 2 is 1.39 bits per heavy atom. The summed E-state index contributed by atoms with van der Waals surface area (Å²) in [6.45, 7) is 0. The van der Waals surface area contributed by atoms with Gasteiger partial charge in [-0.2, -0.15) is 5.26 Å². The molecule has 4 aromatic carbocycles. The molecule has 5 aromatic rings. The zero-order valence-corrected chi connectivity index (χ0v) is 24.6. The zero-order valence-electron chi connectivity index (χ0n) is 23.7. The normalized spacial score (nSPS) is 10.7. The minimum absolute atomic E-state index is 0.294. The number of aliphatic carboxylic acids is 1. The molecule has 0 bridgehead atoms. The summed E-state index contributed by atoms with van der Waals surface area (Å²) in [5.74, 6) is 6.01. The fourth-order valence-electron chi connectivity index (χ4n) is 4.42. The lowest BCUT2D eigenvalue weighted by molar-refractivity contribution is -0.132. The Bertz CT molecular complexity index is 1880. The van der Waals surface area contributed by atoms with E-state index in [4.69, 9.17) is 19.8 Å². The van der Waals surface area contributed by atoms with Crippen molar-refractivity contribution < 1.29 is 23.8 Å². The summed E-state index contributed by atoms with van der Waals surface area (Å²) < 4.78 is 25.5. The van der Waals surface area contributed by atoms with Gasteiger partial charge in [-0.05, 0) is 103 Å². The van der Waals surface area contributed by atoms with Crippen LogP contribution in [0, 0.1) is 29.0 Å². The van der Waals surface area contributed by atoms with Crippen LogP contribution in [0.3, 0.4) is 0 Å². The van der Waals surface area contributed by atoms with E-state index in [9.17, 15) is 9.18 Å². The number of carboxylic acid groups (broad SMARTS) is 1. The molecule has 0 aliphatic carbocycles. The number of methoxy groups -OCH3 is 2. The molecule has 0 spiro atoms. The third-order valence-electron chi connectivity index (χ3n) is 6.64. The second kappa shape index (κ2) is 13.4. The highest BCUT2D eigenvalue weighted by atomic mass is 32.1. The number of nitrogens with zero attached hydrogens (tertiary/aromatic N) is 2.